The third-order valence-electron chi connectivity index (χ3n) is 5.24. The van der Waals surface area contributed by atoms with Crippen LogP contribution >= 0.6 is 11.8 Å². The number of anilines is 1. The zero-order valence-corrected chi connectivity index (χ0v) is 16.8. The van der Waals surface area contributed by atoms with Gasteiger partial charge in [-0.1, -0.05) is 18.2 Å². The van der Waals surface area contributed by atoms with Crippen molar-refractivity contribution in [2.75, 3.05) is 18.0 Å². The number of nitrogens with one attached hydrogen (secondary N) is 1. The van der Waals surface area contributed by atoms with Crippen LogP contribution in [0, 0.1) is 24.2 Å². The van der Waals surface area contributed by atoms with Crippen molar-refractivity contribution in [3.05, 3.63) is 64.1 Å². The maximum atomic E-state index is 12.6. The van der Waals surface area contributed by atoms with Crippen LogP contribution in [0.2, 0.25) is 0 Å². The van der Waals surface area contributed by atoms with Crippen molar-refractivity contribution in [2.24, 2.45) is 5.92 Å². The number of hydrogen-bond donors (Lipinski definition) is 1. The van der Waals surface area contributed by atoms with Gasteiger partial charge in [-0.25, -0.2) is 4.98 Å². The lowest BCUT2D eigenvalue weighted by molar-refractivity contribution is -0.114. The van der Waals surface area contributed by atoms with Crippen molar-refractivity contribution >= 4 is 33.5 Å². The van der Waals surface area contributed by atoms with Crippen LogP contribution in [0.5, 0.6) is 0 Å². The molecular weight excluding hydrogens is 384 g/mol. The molecule has 1 aromatic carbocycles. The van der Waals surface area contributed by atoms with Crippen molar-refractivity contribution in [1.82, 2.24) is 9.97 Å². The highest BCUT2D eigenvalue weighted by Crippen LogP contribution is 2.33. The maximum absolute atomic E-state index is 12.6. The summed E-state index contributed by atoms with van der Waals surface area (Å²) in [5.74, 6) is -0.0562. The standard InChI is InChI=1S/C22H20N4O2S/c1-14-5-6-16-18(12-14)25-21(27)17(13-23)20(16)26-10-7-15(8-11-26)22(28)29-19-4-2-3-9-24-19/h2-6,9,12,15H,7-8,10-11H2,1H3,(H,25,27). The fourth-order valence-corrected chi connectivity index (χ4v) is 4.63. The van der Waals surface area contributed by atoms with Crippen molar-refractivity contribution in [2.45, 2.75) is 24.8 Å². The number of hydrogen-bond acceptors (Lipinski definition) is 6. The largest absolute Gasteiger partial charge is 0.370 e. The van der Waals surface area contributed by atoms with Crippen LogP contribution in [0.4, 0.5) is 5.69 Å². The average Bonchev–Trinajstić information content (AvgIpc) is 2.73. The summed E-state index contributed by atoms with van der Waals surface area (Å²) in [5.41, 5.74) is 2.21. The van der Waals surface area contributed by atoms with E-state index in [1.54, 1.807) is 6.20 Å². The number of aryl methyl sites for hydroxylation is 1. The number of pyridine rings is 2. The first-order chi connectivity index (χ1) is 14.1. The molecule has 0 saturated carbocycles. The van der Waals surface area contributed by atoms with E-state index in [1.165, 1.54) is 11.8 Å². The Balaban J connectivity index is 1.57. The molecule has 0 bridgehead atoms. The van der Waals surface area contributed by atoms with Crippen LogP contribution in [0.15, 0.2) is 52.4 Å². The first kappa shape index (κ1) is 19.2. The summed E-state index contributed by atoms with van der Waals surface area (Å²) < 4.78 is 0. The molecule has 3 aromatic rings. The predicted molar refractivity (Wildman–Crippen MR) is 114 cm³/mol. The van der Waals surface area contributed by atoms with Gasteiger partial charge in [0, 0.05) is 30.6 Å². The number of carbonyl (C=O) groups excluding carboxylic acids is 1. The predicted octanol–water partition coefficient (Wildman–Crippen LogP) is 3.64. The van der Waals surface area contributed by atoms with Gasteiger partial charge in [-0.05, 0) is 55.3 Å². The van der Waals surface area contributed by atoms with E-state index in [4.69, 9.17) is 0 Å². The Kier molecular flexibility index (Phi) is 5.36. The van der Waals surface area contributed by atoms with E-state index in [2.05, 4.69) is 20.9 Å². The van der Waals surface area contributed by atoms with Crippen molar-refractivity contribution in [3.8, 4) is 6.07 Å². The number of nitrogens with zero attached hydrogens (tertiary/aromatic N) is 3. The number of rotatable bonds is 3. The van der Waals surface area contributed by atoms with Crippen molar-refractivity contribution in [1.29, 1.82) is 5.26 Å². The Bertz CT molecular complexity index is 1160. The number of carbonyl (C=O) groups is 1. The summed E-state index contributed by atoms with van der Waals surface area (Å²) in [4.78, 5) is 34.2. The van der Waals surface area contributed by atoms with Gasteiger partial charge in [0.05, 0.1) is 11.2 Å². The molecule has 29 heavy (non-hydrogen) atoms. The molecule has 0 spiro atoms. The molecule has 1 N–H and O–H groups in total. The molecule has 0 atom stereocenters. The van der Waals surface area contributed by atoms with E-state index in [0.717, 1.165) is 16.5 Å². The van der Waals surface area contributed by atoms with E-state index in [9.17, 15) is 14.9 Å². The molecule has 1 fully saturated rings. The lowest BCUT2D eigenvalue weighted by Gasteiger charge is -2.33. The second kappa shape index (κ2) is 8.10. The molecule has 0 aliphatic carbocycles. The highest BCUT2D eigenvalue weighted by Gasteiger charge is 2.28. The number of aromatic amines is 1. The summed E-state index contributed by atoms with van der Waals surface area (Å²) in [7, 11) is 0. The van der Waals surface area contributed by atoms with Gasteiger partial charge in [-0.15, -0.1) is 0 Å². The molecule has 0 amide bonds. The minimum absolute atomic E-state index is 0.0562. The van der Waals surface area contributed by atoms with Gasteiger partial charge in [0.15, 0.2) is 5.12 Å². The molecule has 0 radical (unpaired) electrons. The first-order valence-corrected chi connectivity index (χ1v) is 10.3. The number of aromatic nitrogens is 2. The fraction of sp³-hybridized carbons (Fsp3) is 0.273. The SMILES string of the molecule is Cc1ccc2c(N3CCC(C(=O)Sc4ccccn4)CC3)c(C#N)c(=O)[nH]c2c1. The number of piperidine rings is 1. The Morgan fingerprint density at radius 3 is 2.76 bits per heavy atom. The third kappa shape index (κ3) is 3.89. The number of fused-ring (bicyclic) bond motifs is 1. The summed E-state index contributed by atoms with van der Waals surface area (Å²) >= 11 is 1.19. The third-order valence-corrected chi connectivity index (χ3v) is 6.23. The molecule has 146 valence electrons. The van der Waals surface area contributed by atoms with Crippen LogP contribution in [-0.2, 0) is 4.79 Å². The summed E-state index contributed by atoms with van der Waals surface area (Å²) in [6.45, 7) is 3.21. The zero-order valence-electron chi connectivity index (χ0n) is 16.0. The zero-order chi connectivity index (χ0) is 20.4. The van der Waals surface area contributed by atoms with Gasteiger partial charge in [-0.3, -0.25) is 9.59 Å². The van der Waals surface area contributed by atoms with Gasteiger partial charge in [-0.2, -0.15) is 5.26 Å². The normalized spacial score (nSPS) is 14.7. The Morgan fingerprint density at radius 1 is 1.28 bits per heavy atom. The van der Waals surface area contributed by atoms with E-state index in [1.807, 2.05) is 43.3 Å². The van der Waals surface area contributed by atoms with Crippen LogP contribution in [0.25, 0.3) is 10.9 Å². The minimum Gasteiger partial charge on any atom is -0.370 e. The van der Waals surface area contributed by atoms with Gasteiger partial charge in [0.25, 0.3) is 5.56 Å². The smallest absolute Gasteiger partial charge is 0.268 e. The van der Waals surface area contributed by atoms with Gasteiger partial charge >= 0.3 is 0 Å². The summed E-state index contributed by atoms with van der Waals surface area (Å²) in [6, 6.07) is 13.4. The Hall–Kier alpha value is -3.11. The highest BCUT2D eigenvalue weighted by molar-refractivity contribution is 8.13. The second-order valence-electron chi connectivity index (χ2n) is 7.19. The van der Waals surface area contributed by atoms with E-state index >= 15 is 0 Å². The molecule has 4 rings (SSSR count). The molecule has 3 heterocycles. The van der Waals surface area contributed by atoms with Gasteiger partial charge in [0.1, 0.15) is 16.7 Å². The maximum Gasteiger partial charge on any atom is 0.268 e. The first-order valence-electron chi connectivity index (χ1n) is 9.51. The van der Waals surface area contributed by atoms with Crippen LogP contribution < -0.4 is 10.5 Å². The Morgan fingerprint density at radius 2 is 2.07 bits per heavy atom. The van der Waals surface area contributed by atoms with Crippen LogP contribution in [0.3, 0.4) is 0 Å². The van der Waals surface area contributed by atoms with Crippen molar-refractivity contribution < 1.29 is 4.79 Å². The lowest BCUT2D eigenvalue weighted by Crippen LogP contribution is -2.37. The molecule has 1 aliphatic rings. The molecule has 2 aromatic heterocycles. The Labute approximate surface area is 172 Å². The summed E-state index contributed by atoms with van der Waals surface area (Å²) in [6.07, 6.45) is 3.05. The lowest BCUT2D eigenvalue weighted by atomic mass is 9.96. The summed E-state index contributed by atoms with van der Waals surface area (Å²) in [5, 5.41) is 11.3. The number of benzene rings is 1. The average molecular weight is 404 g/mol. The molecule has 1 aliphatic heterocycles. The molecule has 7 heteroatoms. The number of thioether (sulfide) groups is 1. The van der Waals surface area contributed by atoms with Crippen LogP contribution in [0.1, 0.15) is 24.0 Å². The highest BCUT2D eigenvalue weighted by atomic mass is 32.2. The van der Waals surface area contributed by atoms with E-state index in [-0.39, 0.29) is 22.2 Å². The number of H-pyrrole nitrogens is 1. The van der Waals surface area contributed by atoms with Gasteiger partial charge < -0.3 is 9.88 Å². The minimum atomic E-state index is -0.371. The molecular formula is C22H20N4O2S. The van der Waals surface area contributed by atoms with Crippen LogP contribution in [-0.4, -0.2) is 28.2 Å². The van der Waals surface area contributed by atoms with Gasteiger partial charge in [0.2, 0.25) is 0 Å². The second-order valence-corrected chi connectivity index (χ2v) is 8.21. The van der Waals surface area contributed by atoms with Crippen molar-refractivity contribution in [3.63, 3.8) is 0 Å². The fourth-order valence-electron chi connectivity index (χ4n) is 3.76. The topological polar surface area (TPSA) is 89.8 Å². The molecule has 1 saturated heterocycles. The quantitative estimate of drug-likeness (QED) is 0.671. The molecule has 6 nitrogen and oxygen atoms in total. The van der Waals surface area contributed by atoms with E-state index < -0.39 is 0 Å². The number of nitriles is 1. The monoisotopic (exact) mass is 404 g/mol. The van der Waals surface area contributed by atoms with E-state index in [0.29, 0.717) is 36.6 Å². The molecule has 0 unspecified atom stereocenters.